The molecule has 1 heterocycles. The highest BCUT2D eigenvalue weighted by atomic mass is 16.5. The number of methoxy groups -OCH3 is 1. The van der Waals surface area contributed by atoms with Crippen LogP contribution in [0.1, 0.15) is 11.1 Å². The van der Waals surface area contributed by atoms with Gasteiger partial charge in [-0.3, -0.25) is 4.68 Å². The second-order valence-electron chi connectivity index (χ2n) is 4.36. The Morgan fingerprint density at radius 3 is 2.90 bits per heavy atom. The average Bonchev–Trinajstić information content (AvgIpc) is 2.88. The van der Waals surface area contributed by atoms with Crippen molar-refractivity contribution in [1.82, 2.24) is 9.78 Å². The molecule has 0 saturated heterocycles. The lowest BCUT2D eigenvalue weighted by molar-refractivity contribution is -0.131. The van der Waals surface area contributed by atoms with Gasteiger partial charge in [0, 0.05) is 30.4 Å². The molecule has 0 radical (unpaired) electrons. The van der Waals surface area contributed by atoms with E-state index in [4.69, 9.17) is 14.6 Å². The summed E-state index contributed by atoms with van der Waals surface area (Å²) in [6.45, 7) is 0.322. The molecule has 0 aliphatic heterocycles. The second-order valence-corrected chi connectivity index (χ2v) is 4.36. The number of rotatable bonds is 6. The monoisotopic (exact) mass is 288 g/mol. The van der Waals surface area contributed by atoms with E-state index in [1.165, 1.54) is 13.2 Å². The molecule has 1 N–H and O–H groups in total. The zero-order valence-corrected chi connectivity index (χ0v) is 11.8. The van der Waals surface area contributed by atoms with Crippen molar-refractivity contribution in [1.29, 1.82) is 0 Å². The summed E-state index contributed by atoms with van der Waals surface area (Å²) in [5, 5.41) is 12.8. The number of ether oxygens (including phenoxy) is 2. The van der Waals surface area contributed by atoms with E-state index in [-0.39, 0.29) is 0 Å². The fourth-order valence-electron chi connectivity index (χ4n) is 1.84. The van der Waals surface area contributed by atoms with E-state index >= 15 is 0 Å². The molecule has 6 nitrogen and oxygen atoms in total. The maximum absolute atomic E-state index is 10.7. The topological polar surface area (TPSA) is 73.6 Å². The smallest absolute Gasteiger partial charge is 0.328 e. The van der Waals surface area contributed by atoms with Crippen molar-refractivity contribution < 1.29 is 19.4 Å². The number of carbonyl (C=O) groups is 1. The Hall–Kier alpha value is -2.76. The number of para-hydroxylation sites is 1. The van der Waals surface area contributed by atoms with Crippen LogP contribution < -0.4 is 9.47 Å². The van der Waals surface area contributed by atoms with Gasteiger partial charge in [0.25, 0.3) is 0 Å². The van der Waals surface area contributed by atoms with Crippen LogP contribution in [0.5, 0.6) is 11.5 Å². The van der Waals surface area contributed by atoms with E-state index in [1.54, 1.807) is 29.1 Å². The SMILES string of the molecule is COc1cccc(/C=C\C(=O)O)c1OCc1cnn(C)c1. The Morgan fingerprint density at radius 1 is 1.48 bits per heavy atom. The summed E-state index contributed by atoms with van der Waals surface area (Å²) < 4.78 is 12.7. The van der Waals surface area contributed by atoms with Gasteiger partial charge in [-0.15, -0.1) is 0 Å². The third-order valence-corrected chi connectivity index (χ3v) is 2.78. The Bertz CT molecular complexity index is 661. The normalized spacial score (nSPS) is 10.8. The first kappa shape index (κ1) is 14.6. The standard InChI is InChI=1S/C15H16N2O4/c1-17-9-11(8-16-17)10-21-15-12(6-7-14(18)19)4-3-5-13(15)20-2/h3-9H,10H2,1-2H3,(H,18,19)/b7-6-. The lowest BCUT2D eigenvalue weighted by Gasteiger charge is -2.12. The third kappa shape index (κ3) is 3.85. The van der Waals surface area contributed by atoms with Gasteiger partial charge in [-0.2, -0.15) is 5.10 Å². The van der Waals surface area contributed by atoms with Crippen molar-refractivity contribution >= 4 is 12.0 Å². The molecule has 110 valence electrons. The Morgan fingerprint density at radius 2 is 2.29 bits per heavy atom. The molecule has 0 spiro atoms. The van der Waals surface area contributed by atoms with Crippen molar-refractivity contribution in [2.24, 2.45) is 7.05 Å². The second kappa shape index (κ2) is 6.60. The molecule has 0 fully saturated rings. The van der Waals surface area contributed by atoms with Gasteiger partial charge in [-0.05, 0) is 12.1 Å². The van der Waals surface area contributed by atoms with Crippen molar-refractivity contribution in [2.75, 3.05) is 7.11 Å². The minimum Gasteiger partial charge on any atom is -0.493 e. The van der Waals surface area contributed by atoms with E-state index in [0.717, 1.165) is 11.6 Å². The Labute approximate surface area is 122 Å². The number of nitrogens with zero attached hydrogens (tertiary/aromatic N) is 2. The summed E-state index contributed by atoms with van der Waals surface area (Å²) in [5.41, 5.74) is 1.55. The van der Waals surface area contributed by atoms with Gasteiger partial charge in [0.1, 0.15) is 6.61 Å². The fourth-order valence-corrected chi connectivity index (χ4v) is 1.84. The molecular weight excluding hydrogens is 272 g/mol. The number of carboxylic acid groups (broad SMARTS) is 1. The summed E-state index contributed by atoms with van der Waals surface area (Å²) >= 11 is 0. The number of hydrogen-bond acceptors (Lipinski definition) is 4. The summed E-state index contributed by atoms with van der Waals surface area (Å²) in [6.07, 6.45) is 6.10. The van der Waals surface area contributed by atoms with Crippen molar-refractivity contribution in [3.8, 4) is 11.5 Å². The van der Waals surface area contributed by atoms with Crippen LogP contribution in [0.3, 0.4) is 0 Å². The summed E-state index contributed by atoms with van der Waals surface area (Å²) in [5.74, 6) is 0.0313. The summed E-state index contributed by atoms with van der Waals surface area (Å²) in [7, 11) is 3.37. The average molecular weight is 288 g/mol. The van der Waals surface area contributed by atoms with Crippen molar-refractivity contribution in [3.63, 3.8) is 0 Å². The molecule has 0 amide bonds. The summed E-state index contributed by atoms with van der Waals surface area (Å²) in [6, 6.07) is 5.30. The van der Waals surface area contributed by atoms with E-state index < -0.39 is 5.97 Å². The first-order chi connectivity index (χ1) is 10.1. The van der Waals surface area contributed by atoms with Crippen LogP contribution in [-0.4, -0.2) is 28.0 Å². The van der Waals surface area contributed by atoms with Gasteiger partial charge in [0.15, 0.2) is 11.5 Å². The number of hydrogen-bond donors (Lipinski definition) is 1. The number of aliphatic carboxylic acids is 1. The molecule has 6 heteroatoms. The van der Waals surface area contributed by atoms with E-state index in [9.17, 15) is 4.79 Å². The zero-order valence-electron chi connectivity index (χ0n) is 11.8. The minimum atomic E-state index is -1.02. The number of aryl methyl sites for hydroxylation is 1. The lowest BCUT2D eigenvalue weighted by Crippen LogP contribution is -1.99. The predicted molar refractivity (Wildman–Crippen MR) is 77.2 cm³/mol. The third-order valence-electron chi connectivity index (χ3n) is 2.78. The molecular formula is C15H16N2O4. The Kier molecular flexibility index (Phi) is 4.61. The molecule has 1 aromatic heterocycles. The van der Waals surface area contributed by atoms with Gasteiger partial charge in [-0.25, -0.2) is 4.79 Å². The number of carboxylic acids is 1. The van der Waals surface area contributed by atoms with Gasteiger partial charge in [-0.1, -0.05) is 12.1 Å². The maximum atomic E-state index is 10.7. The van der Waals surface area contributed by atoms with Crippen LogP contribution in [0.4, 0.5) is 0 Å². The van der Waals surface area contributed by atoms with Gasteiger partial charge < -0.3 is 14.6 Å². The first-order valence-electron chi connectivity index (χ1n) is 6.28. The zero-order chi connectivity index (χ0) is 15.2. The Balaban J connectivity index is 2.24. The van der Waals surface area contributed by atoms with Crippen LogP contribution >= 0.6 is 0 Å². The van der Waals surface area contributed by atoms with E-state index in [1.807, 2.05) is 13.2 Å². The van der Waals surface area contributed by atoms with Crippen LogP contribution in [0, 0.1) is 0 Å². The van der Waals surface area contributed by atoms with Gasteiger partial charge in [0.05, 0.1) is 13.3 Å². The summed E-state index contributed by atoms with van der Waals surface area (Å²) in [4.78, 5) is 10.7. The van der Waals surface area contributed by atoms with Crippen LogP contribution in [-0.2, 0) is 18.4 Å². The van der Waals surface area contributed by atoms with Crippen LogP contribution in [0.15, 0.2) is 36.7 Å². The molecule has 1 aromatic carbocycles. The van der Waals surface area contributed by atoms with Crippen molar-refractivity contribution in [3.05, 3.63) is 47.8 Å². The highest BCUT2D eigenvalue weighted by Crippen LogP contribution is 2.32. The minimum absolute atomic E-state index is 0.322. The molecule has 0 bridgehead atoms. The van der Waals surface area contributed by atoms with Gasteiger partial charge in [0.2, 0.25) is 0 Å². The van der Waals surface area contributed by atoms with Gasteiger partial charge >= 0.3 is 5.97 Å². The molecule has 2 aromatic rings. The molecule has 21 heavy (non-hydrogen) atoms. The van der Waals surface area contributed by atoms with E-state index in [0.29, 0.717) is 23.7 Å². The predicted octanol–water partition coefficient (Wildman–Crippen LogP) is 2.11. The quantitative estimate of drug-likeness (QED) is 0.824. The highest BCUT2D eigenvalue weighted by molar-refractivity contribution is 5.86. The number of aromatic nitrogens is 2. The molecule has 2 rings (SSSR count). The molecule has 0 aliphatic carbocycles. The molecule has 0 saturated carbocycles. The largest absolute Gasteiger partial charge is 0.493 e. The van der Waals surface area contributed by atoms with Crippen LogP contribution in [0.2, 0.25) is 0 Å². The van der Waals surface area contributed by atoms with Crippen molar-refractivity contribution in [2.45, 2.75) is 6.61 Å². The molecule has 0 unspecified atom stereocenters. The van der Waals surface area contributed by atoms with Crippen LogP contribution in [0.25, 0.3) is 6.08 Å². The van der Waals surface area contributed by atoms with E-state index in [2.05, 4.69) is 5.10 Å². The highest BCUT2D eigenvalue weighted by Gasteiger charge is 2.10. The molecule has 0 aliphatic rings. The molecule has 0 atom stereocenters. The fraction of sp³-hybridized carbons (Fsp3) is 0.200. The lowest BCUT2D eigenvalue weighted by atomic mass is 10.1. The first-order valence-corrected chi connectivity index (χ1v) is 6.28. The number of benzene rings is 1. The maximum Gasteiger partial charge on any atom is 0.328 e.